The number of methoxy groups -OCH3 is 1. The van der Waals surface area contributed by atoms with Crippen molar-refractivity contribution in [1.29, 1.82) is 0 Å². The highest BCUT2D eigenvalue weighted by atomic mass is 19.1. The third-order valence-electron chi connectivity index (χ3n) is 13.8. The summed E-state index contributed by atoms with van der Waals surface area (Å²) >= 11 is 0. The number of nitrogens with one attached hydrogen (secondary N) is 1. The monoisotopic (exact) mass is 937 g/mol. The Morgan fingerprint density at radius 3 is 2.42 bits per heavy atom. The second-order valence-corrected chi connectivity index (χ2v) is 19.1. The maximum absolute atomic E-state index is 17.1. The predicted octanol–water partition coefficient (Wildman–Crippen LogP) is 5.38. The molecule has 0 radical (unpaired) electrons. The number of alkyl halides is 1. The van der Waals surface area contributed by atoms with E-state index in [0.717, 1.165) is 18.2 Å². The molecule has 2 N–H and O–H groups in total. The van der Waals surface area contributed by atoms with Gasteiger partial charge in [-0.2, -0.15) is 0 Å². The minimum Gasteiger partial charge on any atom is -0.459 e. The first kappa shape index (κ1) is 51.5. The third kappa shape index (κ3) is 11.4. The van der Waals surface area contributed by atoms with Crippen molar-refractivity contribution in [3.8, 4) is 11.3 Å². The van der Waals surface area contributed by atoms with Crippen LogP contribution in [0.2, 0.25) is 0 Å². The van der Waals surface area contributed by atoms with Crippen LogP contribution in [0.15, 0.2) is 67.4 Å². The molecule has 0 saturated carbocycles. The first-order valence-corrected chi connectivity index (χ1v) is 23.3. The number of carbonyl (C=O) groups is 4. The van der Waals surface area contributed by atoms with Crippen molar-refractivity contribution in [2.24, 2.45) is 5.92 Å². The second kappa shape index (κ2) is 21.6. The molecule has 67 heavy (non-hydrogen) atoms. The highest BCUT2D eigenvalue weighted by Crippen LogP contribution is 2.41. The van der Waals surface area contributed by atoms with Gasteiger partial charge >= 0.3 is 18.0 Å². The normalized spacial score (nSPS) is 34.3. The molecule has 0 aliphatic carbocycles. The molecule has 17 nitrogen and oxygen atoms in total. The first-order valence-electron chi connectivity index (χ1n) is 23.3. The van der Waals surface area contributed by atoms with Crippen molar-refractivity contribution in [3.63, 3.8) is 0 Å². The highest BCUT2D eigenvalue weighted by molar-refractivity contribution is 6.07. The van der Waals surface area contributed by atoms with Gasteiger partial charge in [0, 0.05) is 68.4 Å². The van der Waals surface area contributed by atoms with Crippen LogP contribution in [0.1, 0.15) is 90.9 Å². The largest absolute Gasteiger partial charge is 0.459 e. The number of ketones is 1. The average molecular weight is 937 g/mol. The van der Waals surface area contributed by atoms with Crippen LogP contribution in [0.25, 0.3) is 11.3 Å². The number of hydrogen-bond acceptors (Lipinski definition) is 15. The lowest BCUT2D eigenvalue weighted by molar-refractivity contribution is -0.300. The average Bonchev–Trinajstić information content (AvgIpc) is 3.89. The number of aromatic nitrogens is 3. The standard InChI is InChI=1S/C49H69FN6O11/c1-11-38-49(7)40(56(46(61)67-49)23-16-15-22-55-27-36(52-29-55)34-20-17-21-51-26-34)32(4)53-30(2)25-47(5,62-10)42(31(3)41(58)48(6,50)45(60)65-38)66-44-39(57)37(54(8)9)24-35(64-44)28-63-43(59)33-18-13-12-14-19-33/h12-14,17-21,26-27,29-32,35,37-40,42,44,53,57H,11,15-16,22-25,28H2,1-10H3/t30-,31+,32-,35+,37+,38-,39-,40-,42-,44+,47+,48+,49-/m1/s1. The summed E-state index contributed by atoms with van der Waals surface area (Å²) in [6.07, 6.45) is 2.54. The van der Waals surface area contributed by atoms with Crippen molar-refractivity contribution in [2.75, 3.05) is 34.4 Å². The number of likely N-dealkylation sites (N-methyl/N-ethyl adjacent to an activating group) is 1. The molecule has 0 bridgehead atoms. The van der Waals surface area contributed by atoms with Crippen LogP contribution >= 0.6 is 0 Å². The van der Waals surface area contributed by atoms with Gasteiger partial charge in [0.1, 0.15) is 18.8 Å². The number of hydrogen-bond donors (Lipinski definition) is 2. The molecule has 1 aromatic carbocycles. The fraction of sp³-hybridized carbons (Fsp3) is 0.633. The molecule has 3 aliphatic heterocycles. The predicted molar refractivity (Wildman–Crippen MR) is 244 cm³/mol. The van der Waals surface area contributed by atoms with Gasteiger partial charge in [-0.1, -0.05) is 32.0 Å². The summed E-state index contributed by atoms with van der Waals surface area (Å²) in [5, 5.41) is 15.4. The number of cyclic esters (lactones) is 1. The number of amides is 1. The summed E-state index contributed by atoms with van der Waals surface area (Å²) in [4.78, 5) is 67.6. The van der Waals surface area contributed by atoms with Crippen LogP contribution < -0.4 is 5.32 Å². The molecule has 0 spiro atoms. The van der Waals surface area contributed by atoms with E-state index < -0.39 is 101 Å². The third-order valence-corrected chi connectivity index (χ3v) is 13.8. The number of aliphatic hydroxyl groups is 1. The zero-order valence-electron chi connectivity index (χ0n) is 40.4. The summed E-state index contributed by atoms with van der Waals surface area (Å²) in [7, 11) is 5.01. The van der Waals surface area contributed by atoms with E-state index in [9.17, 15) is 24.3 Å². The number of fused-ring (bicyclic) bond motifs is 1. The number of halogens is 1. The Hall–Kier alpha value is -4.85. The smallest absolute Gasteiger partial charge is 0.410 e. The number of benzene rings is 1. The minimum absolute atomic E-state index is 0.140. The lowest BCUT2D eigenvalue weighted by atomic mass is 9.78. The van der Waals surface area contributed by atoms with E-state index in [-0.39, 0.29) is 25.9 Å². The molecule has 3 saturated heterocycles. The van der Waals surface area contributed by atoms with E-state index in [1.807, 2.05) is 36.7 Å². The van der Waals surface area contributed by atoms with E-state index in [0.29, 0.717) is 31.5 Å². The minimum atomic E-state index is -3.20. The number of aliphatic hydroxyl groups excluding tert-OH is 1. The zero-order valence-corrected chi connectivity index (χ0v) is 40.4. The Morgan fingerprint density at radius 2 is 1.76 bits per heavy atom. The number of nitrogens with zero attached hydrogens (tertiary/aromatic N) is 5. The lowest BCUT2D eigenvalue weighted by Gasteiger charge is -2.47. The van der Waals surface area contributed by atoms with Gasteiger partial charge in [0.2, 0.25) is 0 Å². The Bertz CT molecular complexity index is 2150. The van der Waals surface area contributed by atoms with Gasteiger partial charge < -0.3 is 48.3 Å². The number of esters is 2. The maximum Gasteiger partial charge on any atom is 0.410 e. The molecule has 5 heterocycles. The molecule has 3 aromatic rings. The number of unbranched alkanes of at least 4 members (excludes halogenated alkanes) is 1. The Labute approximate surface area is 393 Å². The van der Waals surface area contributed by atoms with Crippen LogP contribution in [-0.2, 0) is 44.6 Å². The van der Waals surface area contributed by atoms with Crippen LogP contribution in [0.3, 0.4) is 0 Å². The Morgan fingerprint density at radius 1 is 1.04 bits per heavy atom. The fourth-order valence-corrected chi connectivity index (χ4v) is 10.2. The molecule has 1 amide bonds. The summed E-state index contributed by atoms with van der Waals surface area (Å²) in [6.45, 7) is 12.1. The summed E-state index contributed by atoms with van der Waals surface area (Å²) < 4.78 is 56.0. The van der Waals surface area contributed by atoms with E-state index in [1.165, 1.54) is 14.0 Å². The SMILES string of the molecule is CC[C@H]1OC(=O)[C@@](C)(F)C(=O)[C@H](C)[C@@H](O[C@@H]2O[C@H](COC(=O)c3ccccc3)C[C@H](N(C)C)[C@H]2O)[C@@](C)(OC)C[C@@H](C)N[C@H](C)[C@H]2N(CCCCn3cnc(-c4cccnc4)c3)C(=O)O[C@]12C. The van der Waals surface area contributed by atoms with E-state index in [1.54, 1.807) is 93.7 Å². The van der Waals surface area contributed by atoms with Crippen LogP contribution in [0.5, 0.6) is 0 Å². The van der Waals surface area contributed by atoms with Crippen LogP contribution in [0, 0.1) is 5.92 Å². The molecule has 13 atom stereocenters. The number of carbonyl (C=O) groups excluding carboxylic acids is 4. The zero-order chi connectivity index (χ0) is 48.8. The molecule has 18 heteroatoms. The topological polar surface area (TPSA) is 193 Å². The van der Waals surface area contributed by atoms with Crippen molar-refractivity contribution < 1.29 is 57.1 Å². The van der Waals surface area contributed by atoms with Crippen molar-refractivity contribution >= 4 is 23.8 Å². The number of rotatable bonds is 14. The number of pyridine rings is 1. The highest BCUT2D eigenvalue weighted by Gasteiger charge is 2.60. The first-order chi connectivity index (χ1) is 31.7. The molecule has 3 aliphatic rings. The van der Waals surface area contributed by atoms with E-state index >= 15 is 4.39 Å². The maximum atomic E-state index is 17.1. The second-order valence-electron chi connectivity index (χ2n) is 19.1. The Kier molecular flexibility index (Phi) is 16.6. The number of Topliss-reactive ketones (excluding diaryl/α,β-unsaturated/α-hetero) is 1. The molecule has 3 fully saturated rings. The van der Waals surface area contributed by atoms with Gasteiger partial charge in [0.05, 0.1) is 41.4 Å². The van der Waals surface area contributed by atoms with Gasteiger partial charge in [-0.3, -0.25) is 14.7 Å². The Balaban J connectivity index is 1.25. The van der Waals surface area contributed by atoms with Gasteiger partial charge in [0.25, 0.3) is 5.67 Å². The van der Waals surface area contributed by atoms with E-state index in [2.05, 4.69) is 15.3 Å². The molecule has 2 aromatic heterocycles. The molecule has 6 rings (SSSR count). The van der Waals surface area contributed by atoms with Crippen LogP contribution in [-0.4, -0.2) is 159 Å². The van der Waals surface area contributed by atoms with Crippen LogP contribution in [0.4, 0.5) is 9.18 Å². The molecular formula is C49H69FN6O11. The fourth-order valence-electron chi connectivity index (χ4n) is 10.2. The van der Waals surface area contributed by atoms with Gasteiger partial charge in [-0.25, -0.2) is 23.8 Å². The summed E-state index contributed by atoms with van der Waals surface area (Å²) in [5.74, 6) is -4.52. The molecule has 368 valence electrons. The van der Waals surface area contributed by atoms with E-state index in [4.69, 9.17) is 28.4 Å². The summed E-state index contributed by atoms with van der Waals surface area (Å²) in [6, 6.07) is 10.2. The van der Waals surface area contributed by atoms with Gasteiger partial charge in [0.15, 0.2) is 17.7 Å². The van der Waals surface area contributed by atoms with Gasteiger partial charge in [-0.05, 0) is 105 Å². The number of aryl methyl sites for hydroxylation is 1. The summed E-state index contributed by atoms with van der Waals surface area (Å²) in [5.41, 5.74) is -3.99. The lowest BCUT2D eigenvalue weighted by Crippen LogP contribution is -2.64. The number of ether oxygens (including phenoxy) is 6. The quantitative estimate of drug-likeness (QED) is 0.0905. The molecular weight excluding hydrogens is 868 g/mol. The van der Waals surface area contributed by atoms with Crippen molar-refractivity contribution in [3.05, 3.63) is 72.9 Å². The van der Waals surface area contributed by atoms with Gasteiger partial charge in [-0.15, -0.1) is 0 Å². The van der Waals surface area contributed by atoms with Crippen molar-refractivity contribution in [2.45, 2.75) is 159 Å². The van der Waals surface area contributed by atoms with Crippen molar-refractivity contribution in [1.82, 2.24) is 29.7 Å². The number of imidazole rings is 1. The molecule has 0 unspecified atom stereocenters.